The standard InChI is InChI=1S/C28H33ClN2O4S2.ClH/c1-19(2)36-27-17-22(13-14-25(27)28(33)31-37(3,34)35)21-11-9-20(10-12-21)6-5-15-30-18-26(32)23-7-4-8-24(29)16-23;/h4,7-14,16-17,19,26,30,32H,5-6,15,18H2,1-3H3,(H,31,33);1H/t26-;/m0./s1. The lowest BCUT2D eigenvalue weighted by Crippen LogP contribution is -2.29. The van der Waals surface area contributed by atoms with Gasteiger partial charge in [-0.3, -0.25) is 4.79 Å². The van der Waals surface area contributed by atoms with Crippen molar-refractivity contribution in [3.63, 3.8) is 0 Å². The molecule has 0 aliphatic heterocycles. The van der Waals surface area contributed by atoms with Crippen LogP contribution in [0.25, 0.3) is 11.1 Å². The Morgan fingerprint density at radius 3 is 2.34 bits per heavy atom. The Morgan fingerprint density at radius 1 is 1.03 bits per heavy atom. The van der Waals surface area contributed by atoms with Crippen LogP contribution in [0, 0.1) is 0 Å². The summed E-state index contributed by atoms with van der Waals surface area (Å²) in [6, 6.07) is 21.0. The fraction of sp³-hybridized carbons (Fsp3) is 0.321. The van der Waals surface area contributed by atoms with Crippen molar-refractivity contribution >= 4 is 51.7 Å². The second-order valence-corrected chi connectivity index (χ2v) is 13.0. The molecule has 0 aliphatic rings. The quantitative estimate of drug-likeness (QED) is 0.179. The van der Waals surface area contributed by atoms with Crippen molar-refractivity contribution in [1.29, 1.82) is 0 Å². The molecule has 0 saturated heterocycles. The highest BCUT2D eigenvalue weighted by Crippen LogP contribution is 2.32. The molecule has 10 heteroatoms. The van der Waals surface area contributed by atoms with Gasteiger partial charge >= 0.3 is 0 Å². The highest BCUT2D eigenvalue weighted by Gasteiger charge is 2.17. The van der Waals surface area contributed by atoms with Crippen LogP contribution in [0.4, 0.5) is 0 Å². The Morgan fingerprint density at radius 2 is 1.71 bits per heavy atom. The topological polar surface area (TPSA) is 95.5 Å². The molecule has 3 aromatic rings. The molecule has 3 aromatic carbocycles. The molecule has 3 N–H and O–H groups in total. The molecule has 38 heavy (non-hydrogen) atoms. The van der Waals surface area contributed by atoms with Crippen LogP contribution in [0.5, 0.6) is 0 Å². The summed E-state index contributed by atoms with van der Waals surface area (Å²) in [6.07, 6.45) is 2.21. The number of hydrogen-bond donors (Lipinski definition) is 3. The highest BCUT2D eigenvalue weighted by atomic mass is 35.5. The molecular formula is C28H34Cl2N2O4S2. The van der Waals surface area contributed by atoms with Gasteiger partial charge in [0.25, 0.3) is 5.91 Å². The third-order valence-electron chi connectivity index (χ3n) is 5.54. The summed E-state index contributed by atoms with van der Waals surface area (Å²) in [4.78, 5) is 13.2. The number of halogens is 2. The van der Waals surface area contributed by atoms with Crippen LogP contribution in [0.2, 0.25) is 5.02 Å². The third-order valence-corrected chi connectivity index (χ3v) is 7.40. The number of carbonyl (C=O) groups is 1. The van der Waals surface area contributed by atoms with Crippen molar-refractivity contribution < 1.29 is 18.3 Å². The first kappa shape index (κ1) is 32.1. The fourth-order valence-electron chi connectivity index (χ4n) is 3.82. The number of sulfonamides is 1. The van der Waals surface area contributed by atoms with Crippen LogP contribution in [-0.2, 0) is 16.4 Å². The zero-order valence-corrected chi connectivity index (χ0v) is 24.8. The van der Waals surface area contributed by atoms with Crippen molar-refractivity contribution in [2.24, 2.45) is 0 Å². The maximum absolute atomic E-state index is 12.5. The van der Waals surface area contributed by atoms with Crippen molar-refractivity contribution in [3.8, 4) is 11.1 Å². The second-order valence-electron chi connectivity index (χ2n) is 9.16. The van der Waals surface area contributed by atoms with E-state index in [-0.39, 0.29) is 17.7 Å². The summed E-state index contributed by atoms with van der Waals surface area (Å²) in [5.41, 5.74) is 4.34. The fourth-order valence-corrected chi connectivity index (χ4v) is 5.45. The van der Waals surface area contributed by atoms with Gasteiger partial charge in [-0.1, -0.05) is 67.9 Å². The van der Waals surface area contributed by atoms with E-state index in [1.807, 2.05) is 38.1 Å². The van der Waals surface area contributed by atoms with Gasteiger partial charge in [0.05, 0.1) is 17.9 Å². The minimum Gasteiger partial charge on any atom is -0.387 e. The van der Waals surface area contributed by atoms with E-state index in [9.17, 15) is 18.3 Å². The summed E-state index contributed by atoms with van der Waals surface area (Å²) in [5, 5.41) is 14.4. The molecule has 6 nitrogen and oxygen atoms in total. The van der Waals surface area contributed by atoms with Crippen LogP contribution in [0.3, 0.4) is 0 Å². The minimum atomic E-state index is -3.64. The molecule has 0 unspecified atom stereocenters. The summed E-state index contributed by atoms with van der Waals surface area (Å²) in [6.45, 7) is 5.30. The van der Waals surface area contributed by atoms with E-state index in [0.717, 1.165) is 47.2 Å². The zero-order valence-electron chi connectivity index (χ0n) is 21.6. The molecule has 0 spiro atoms. The van der Waals surface area contributed by atoms with Gasteiger partial charge < -0.3 is 10.4 Å². The minimum absolute atomic E-state index is 0. The molecule has 0 aromatic heterocycles. The SMILES string of the molecule is CC(C)Sc1cc(-c2ccc(CCCNC[C@H](O)c3cccc(Cl)c3)cc2)ccc1C(=O)NS(C)(=O)=O.Cl. The molecule has 1 amide bonds. The van der Waals surface area contributed by atoms with Gasteiger partial charge in [-0.05, 0) is 65.9 Å². The number of hydrogen-bond acceptors (Lipinski definition) is 6. The molecule has 3 rings (SSSR count). The largest absolute Gasteiger partial charge is 0.387 e. The Bertz CT molecular complexity index is 1320. The summed E-state index contributed by atoms with van der Waals surface area (Å²) in [5.74, 6) is -0.624. The number of aliphatic hydroxyl groups excluding tert-OH is 1. The van der Waals surface area contributed by atoms with E-state index in [4.69, 9.17) is 11.6 Å². The van der Waals surface area contributed by atoms with Gasteiger partial charge in [-0.25, -0.2) is 13.1 Å². The van der Waals surface area contributed by atoms with E-state index in [1.165, 1.54) is 17.3 Å². The summed E-state index contributed by atoms with van der Waals surface area (Å²) < 4.78 is 25.1. The normalized spacial score (nSPS) is 12.2. The second kappa shape index (κ2) is 14.9. The van der Waals surface area contributed by atoms with Gasteiger partial charge in [0.2, 0.25) is 10.0 Å². The predicted octanol–water partition coefficient (Wildman–Crippen LogP) is 5.87. The van der Waals surface area contributed by atoms with Gasteiger partial charge in [0.1, 0.15) is 0 Å². The monoisotopic (exact) mass is 596 g/mol. The Kier molecular flexibility index (Phi) is 12.6. The molecule has 0 saturated carbocycles. The average molecular weight is 598 g/mol. The Labute approximate surface area is 241 Å². The third kappa shape index (κ3) is 10.2. The number of aryl methyl sites for hydroxylation is 1. The first-order valence-corrected chi connectivity index (χ1v) is 15.2. The molecule has 0 aliphatic carbocycles. The zero-order chi connectivity index (χ0) is 27.0. The van der Waals surface area contributed by atoms with E-state index < -0.39 is 22.0 Å². The van der Waals surface area contributed by atoms with Crippen molar-refractivity contribution in [2.75, 3.05) is 19.3 Å². The molecule has 206 valence electrons. The van der Waals surface area contributed by atoms with E-state index in [0.29, 0.717) is 17.1 Å². The lowest BCUT2D eigenvalue weighted by atomic mass is 10.0. The highest BCUT2D eigenvalue weighted by molar-refractivity contribution is 8.00. The average Bonchev–Trinajstić information content (AvgIpc) is 2.82. The van der Waals surface area contributed by atoms with Crippen LogP contribution >= 0.6 is 35.8 Å². The first-order valence-electron chi connectivity index (χ1n) is 12.1. The molecule has 1 atom stereocenters. The Hall–Kier alpha value is -2.07. The number of carbonyl (C=O) groups excluding carboxylic acids is 1. The number of nitrogens with one attached hydrogen (secondary N) is 2. The molecule has 0 bridgehead atoms. The van der Waals surface area contributed by atoms with E-state index >= 15 is 0 Å². The summed E-state index contributed by atoms with van der Waals surface area (Å²) >= 11 is 7.51. The maximum Gasteiger partial charge on any atom is 0.265 e. The number of rotatable bonds is 12. The van der Waals surface area contributed by atoms with Gasteiger partial charge in [-0.2, -0.15) is 0 Å². The van der Waals surface area contributed by atoms with Gasteiger partial charge in [0.15, 0.2) is 0 Å². The van der Waals surface area contributed by atoms with Crippen molar-refractivity contribution in [2.45, 2.75) is 42.9 Å². The lowest BCUT2D eigenvalue weighted by Gasteiger charge is -2.14. The van der Waals surface area contributed by atoms with Crippen LogP contribution < -0.4 is 10.0 Å². The maximum atomic E-state index is 12.5. The Balaban J connectivity index is 0.00000507. The van der Waals surface area contributed by atoms with E-state index in [1.54, 1.807) is 18.2 Å². The number of aliphatic hydroxyl groups is 1. The van der Waals surface area contributed by atoms with Crippen LogP contribution in [0.15, 0.2) is 71.6 Å². The molecule has 0 heterocycles. The molecule has 0 fully saturated rings. The van der Waals surface area contributed by atoms with Gasteiger partial charge in [0, 0.05) is 21.7 Å². The first-order chi connectivity index (χ1) is 17.5. The van der Waals surface area contributed by atoms with Gasteiger partial charge in [-0.15, -0.1) is 24.2 Å². The van der Waals surface area contributed by atoms with Crippen molar-refractivity contribution in [1.82, 2.24) is 10.0 Å². The number of thioether (sulfide) groups is 1. The van der Waals surface area contributed by atoms with E-state index in [2.05, 4.69) is 34.3 Å². The van der Waals surface area contributed by atoms with Crippen molar-refractivity contribution in [3.05, 3.63) is 88.4 Å². The predicted molar refractivity (Wildman–Crippen MR) is 160 cm³/mol. The summed E-state index contributed by atoms with van der Waals surface area (Å²) in [7, 11) is -3.64. The molecule has 0 radical (unpaired) electrons. The number of amides is 1. The van der Waals surface area contributed by atoms with Crippen LogP contribution in [0.1, 0.15) is 47.9 Å². The lowest BCUT2D eigenvalue weighted by molar-refractivity contribution is 0.0979. The smallest absolute Gasteiger partial charge is 0.265 e. The van der Waals surface area contributed by atoms with Crippen LogP contribution in [-0.4, -0.2) is 44.0 Å². The number of benzene rings is 3. The molecular weight excluding hydrogens is 563 g/mol.